The van der Waals surface area contributed by atoms with Crippen LogP contribution in [-0.2, 0) is 9.53 Å². The molecule has 0 radical (unpaired) electrons. The first kappa shape index (κ1) is 12.9. The SMILES string of the molecule is COCCN1c2ccccc2[C@H](C(N)=O)C[C@@H]1C. The molecular weight excluding hydrogens is 228 g/mol. The zero-order chi connectivity index (χ0) is 13.1. The summed E-state index contributed by atoms with van der Waals surface area (Å²) in [5.74, 6) is -0.407. The molecule has 0 saturated heterocycles. The Kier molecular flexibility index (Phi) is 3.87. The number of hydrogen-bond donors (Lipinski definition) is 1. The first-order chi connectivity index (χ1) is 8.65. The fourth-order valence-corrected chi connectivity index (χ4v) is 2.68. The first-order valence-corrected chi connectivity index (χ1v) is 6.29. The number of nitrogens with zero attached hydrogens (tertiary/aromatic N) is 1. The fourth-order valence-electron chi connectivity index (χ4n) is 2.68. The van der Waals surface area contributed by atoms with E-state index in [4.69, 9.17) is 10.5 Å². The number of carbonyl (C=O) groups is 1. The van der Waals surface area contributed by atoms with Crippen LogP contribution in [0.1, 0.15) is 24.8 Å². The van der Waals surface area contributed by atoms with Gasteiger partial charge in [-0.1, -0.05) is 18.2 Å². The van der Waals surface area contributed by atoms with Gasteiger partial charge in [-0.25, -0.2) is 0 Å². The maximum Gasteiger partial charge on any atom is 0.225 e. The number of rotatable bonds is 4. The standard InChI is InChI=1S/C14H20N2O2/c1-10-9-12(14(15)17)11-5-3-4-6-13(11)16(10)7-8-18-2/h3-6,10,12H,7-9H2,1-2H3,(H2,15,17)/t10-,12+/m0/s1. The highest BCUT2D eigenvalue weighted by atomic mass is 16.5. The number of carbonyl (C=O) groups excluding carboxylic acids is 1. The van der Waals surface area contributed by atoms with Crippen LogP contribution in [0.25, 0.3) is 0 Å². The van der Waals surface area contributed by atoms with Crippen LogP contribution in [-0.4, -0.2) is 32.2 Å². The molecular formula is C14H20N2O2. The van der Waals surface area contributed by atoms with Crippen molar-refractivity contribution in [2.24, 2.45) is 5.73 Å². The molecule has 2 N–H and O–H groups in total. The Morgan fingerprint density at radius 3 is 2.89 bits per heavy atom. The van der Waals surface area contributed by atoms with Gasteiger partial charge < -0.3 is 15.4 Å². The van der Waals surface area contributed by atoms with Gasteiger partial charge in [0.1, 0.15) is 0 Å². The molecule has 1 heterocycles. The number of benzene rings is 1. The topological polar surface area (TPSA) is 55.6 Å². The number of ether oxygens (including phenoxy) is 1. The van der Waals surface area contributed by atoms with Crippen LogP contribution >= 0.6 is 0 Å². The molecule has 1 aliphatic rings. The predicted molar refractivity (Wildman–Crippen MR) is 71.7 cm³/mol. The number of primary amides is 1. The molecule has 1 aromatic carbocycles. The Morgan fingerprint density at radius 1 is 1.50 bits per heavy atom. The third-order valence-corrected chi connectivity index (χ3v) is 3.61. The summed E-state index contributed by atoms with van der Waals surface area (Å²) >= 11 is 0. The van der Waals surface area contributed by atoms with E-state index in [1.165, 1.54) is 0 Å². The molecule has 0 aliphatic carbocycles. The van der Waals surface area contributed by atoms with Crippen LogP contribution in [0.2, 0.25) is 0 Å². The predicted octanol–water partition coefficient (Wildman–Crippen LogP) is 1.50. The van der Waals surface area contributed by atoms with Crippen LogP contribution in [0.5, 0.6) is 0 Å². The maximum absolute atomic E-state index is 11.6. The van der Waals surface area contributed by atoms with Gasteiger partial charge in [0.05, 0.1) is 12.5 Å². The van der Waals surface area contributed by atoms with Gasteiger partial charge in [-0.05, 0) is 25.0 Å². The van der Waals surface area contributed by atoms with Crippen molar-refractivity contribution >= 4 is 11.6 Å². The molecule has 0 bridgehead atoms. The lowest BCUT2D eigenvalue weighted by molar-refractivity contribution is -0.119. The van der Waals surface area contributed by atoms with Crippen molar-refractivity contribution in [2.45, 2.75) is 25.3 Å². The largest absolute Gasteiger partial charge is 0.383 e. The highest BCUT2D eigenvalue weighted by Crippen LogP contribution is 2.37. The molecule has 4 nitrogen and oxygen atoms in total. The van der Waals surface area contributed by atoms with E-state index >= 15 is 0 Å². The summed E-state index contributed by atoms with van der Waals surface area (Å²) in [5.41, 5.74) is 7.66. The van der Waals surface area contributed by atoms with Gasteiger partial charge in [0.2, 0.25) is 5.91 Å². The third kappa shape index (κ3) is 2.34. The lowest BCUT2D eigenvalue weighted by Crippen LogP contribution is -2.43. The van der Waals surface area contributed by atoms with Crippen molar-refractivity contribution in [3.8, 4) is 0 Å². The van der Waals surface area contributed by atoms with Crippen LogP contribution in [0.15, 0.2) is 24.3 Å². The molecule has 4 heteroatoms. The van der Waals surface area contributed by atoms with Crippen molar-refractivity contribution in [3.05, 3.63) is 29.8 Å². The molecule has 1 aliphatic heterocycles. The first-order valence-electron chi connectivity index (χ1n) is 6.29. The lowest BCUT2D eigenvalue weighted by atomic mass is 9.85. The molecule has 18 heavy (non-hydrogen) atoms. The van der Waals surface area contributed by atoms with Crippen LogP contribution in [0.3, 0.4) is 0 Å². The smallest absolute Gasteiger partial charge is 0.225 e. The number of anilines is 1. The average Bonchev–Trinajstić information content (AvgIpc) is 2.36. The lowest BCUT2D eigenvalue weighted by Gasteiger charge is -2.39. The van der Waals surface area contributed by atoms with Gasteiger partial charge in [0.25, 0.3) is 0 Å². The number of para-hydroxylation sites is 1. The second kappa shape index (κ2) is 5.40. The number of hydrogen-bond acceptors (Lipinski definition) is 3. The summed E-state index contributed by atoms with van der Waals surface area (Å²) in [6.45, 7) is 3.64. The third-order valence-electron chi connectivity index (χ3n) is 3.61. The van der Waals surface area contributed by atoms with Gasteiger partial charge in [0.15, 0.2) is 0 Å². The van der Waals surface area contributed by atoms with E-state index in [-0.39, 0.29) is 11.8 Å². The average molecular weight is 248 g/mol. The van der Waals surface area contributed by atoms with Crippen molar-refractivity contribution in [1.29, 1.82) is 0 Å². The molecule has 0 fully saturated rings. The van der Waals surface area contributed by atoms with E-state index in [1.54, 1.807) is 7.11 Å². The molecule has 1 amide bonds. The molecule has 98 valence electrons. The van der Waals surface area contributed by atoms with E-state index in [1.807, 2.05) is 18.2 Å². The van der Waals surface area contributed by atoms with E-state index in [9.17, 15) is 4.79 Å². The van der Waals surface area contributed by atoms with Crippen molar-refractivity contribution in [1.82, 2.24) is 0 Å². The normalized spacial score (nSPS) is 22.7. The molecule has 1 aromatic rings. The Labute approximate surface area is 108 Å². The summed E-state index contributed by atoms with van der Waals surface area (Å²) < 4.78 is 5.15. The molecule has 0 unspecified atom stereocenters. The second-order valence-electron chi connectivity index (χ2n) is 4.78. The number of amides is 1. The Bertz CT molecular complexity index is 434. The van der Waals surface area contributed by atoms with E-state index in [0.717, 1.165) is 24.2 Å². The maximum atomic E-state index is 11.6. The molecule has 2 rings (SSSR count). The van der Waals surface area contributed by atoms with Gasteiger partial charge in [-0.2, -0.15) is 0 Å². The summed E-state index contributed by atoms with van der Waals surface area (Å²) in [7, 11) is 1.70. The van der Waals surface area contributed by atoms with Crippen LogP contribution in [0.4, 0.5) is 5.69 Å². The summed E-state index contributed by atoms with van der Waals surface area (Å²) in [5, 5.41) is 0. The van der Waals surface area contributed by atoms with Gasteiger partial charge in [-0.15, -0.1) is 0 Å². The van der Waals surface area contributed by atoms with Gasteiger partial charge >= 0.3 is 0 Å². The van der Waals surface area contributed by atoms with E-state index < -0.39 is 0 Å². The van der Waals surface area contributed by atoms with E-state index in [0.29, 0.717) is 12.6 Å². The van der Waals surface area contributed by atoms with E-state index in [2.05, 4.69) is 17.9 Å². The zero-order valence-corrected chi connectivity index (χ0v) is 10.9. The number of nitrogens with two attached hydrogens (primary N) is 1. The summed E-state index contributed by atoms with van der Waals surface area (Å²) in [6.07, 6.45) is 0.774. The van der Waals surface area contributed by atoms with Crippen molar-refractivity contribution in [3.63, 3.8) is 0 Å². The Morgan fingerprint density at radius 2 is 2.22 bits per heavy atom. The zero-order valence-electron chi connectivity index (χ0n) is 10.9. The molecule has 0 spiro atoms. The highest BCUT2D eigenvalue weighted by molar-refractivity contribution is 5.85. The second-order valence-corrected chi connectivity index (χ2v) is 4.78. The monoisotopic (exact) mass is 248 g/mol. The molecule has 2 atom stereocenters. The number of methoxy groups -OCH3 is 1. The van der Waals surface area contributed by atoms with Crippen LogP contribution in [0, 0.1) is 0 Å². The van der Waals surface area contributed by atoms with Gasteiger partial charge in [-0.3, -0.25) is 4.79 Å². The molecule has 0 saturated carbocycles. The Hall–Kier alpha value is -1.55. The minimum Gasteiger partial charge on any atom is -0.383 e. The quantitative estimate of drug-likeness (QED) is 0.878. The minimum absolute atomic E-state index is 0.171. The van der Waals surface area contributed by atoms with Crippen molar-refractivity contribution < 1.29 is 9.53 Å². The summed E-state index contributed by atoms with van der Waals surface area (Å²) in [6, 6.07) is 8.30. The fraction of sp³-hybridized carbons (Fsp3) is 0.500. The Balaban J connectivity index is 2.35. The van der Waals surface area contributed by atoms with Crippen molar-refractivity contribution in [2.75, 3.05) is 25.2 Å². The summed E-state index contributed by atoms with van der Waals surface area (Å²) in [4.78, 5) is 13.9. The van der Waals surface area contributed by atoms with Gasteiger partial charge in [0, 0.05) is 25.4 Å². The number of fused-ring (bicyclic) bond motifs is 1. The minimum atomic E-state index is -0.235. The molecule has 0 aromatic heterocycles. The highest BCUT2D eigenvalue weighted by Gasteiger charge is 2.32. The van der Waals surface area contributed by atoms with Crippen LogP contribution < -0.4 is 10.6 Å².